The number of carbonyl (C=O) groups excluding carboxylic acids is 2. The van der Waals surface area contributed by atoms with Crippen LogP contribution in [0.2, 0.25) is 0 Å². The van der Waals surface area contributed by atoms with Crippen molar-refractivity contribution in [3.63, 3.8) is 0 Å². The highest BCUT2D eigenvalue weighted by molar-refractivity contribution is 5.76. The number of amides is 1. The molecule has 0 aromatic heterocycles. The molecule has 0 aliphatic heterocycles. The zero-order valence-corrected chi connectivity index (χ0v) is 43.5. The molecule has 3 N–H and O–H groups in total. The largest absolute Gasteiger partial charge is 0.466 e. The lowest BCUT2D eigenvalue weighted by Crippen LogP contribution is -2.45. The summed E-state index contributed by atoms with van der Waals surface area (Å²) in [5.74, 6) is -0.0677. The summed E-state index contributed by atoms with van der Waals surface area (Å²) in [4.78, 5) is 24.4. The predicted octanol–water partition coefficient (Wildman–Crippen LogP) is 17.6. The van der Waals surface area contributed by atoms with Crippen molar-refractivity contribution >= 4 is 11.9 Å². The molecule has 0 rings (SSSR count). The van der Waals surface area contributed by atoms with E-state index in [9.17, 15) is 19.8 Å². The van der Waals surface area contributed by atoms with Crippen LogP contribution < -0.4 is 5.32 Å². The predicted molar refractivity (Wildman–Crippen MR) is 283 cm³/mol. The van der Waals surface area contributed by atoms with Gasteiger partial charge < -0.3 is 20.3 Å². The molecule has 0 aromatic rings. The van der Waals surface area contributed by atoms with Gasteiger partial charge in [0, 0.05) is 12.8 Å². The molecule has 0 heterocycles. The lowest BCUT2D eigenvalue weighted by Gasteiger charge is -2.20. The maximum absolute atomic E-state index is 12.4. The summed E-state index contributed by atoms with van der Waals surface area (Å²) >= 11 is 0. The molecule has 0 fully saturated rings. The van der Waals surface area contributed by atoms with Crippen LogP contribution in [0.25, 0.3) is 0 Å². The Bertz CT molecular complexity index is 1060. The molecule has 0 spiro atoms. The van der Waals surface area contributed by atoms with Crippen molar-refractivity contribution in [1.29, 1.82) is 0 Å². The van der Waals surface area contributed by atoms with E-state index in [4.69, 9.17) is 4.74 Å². The van der Waals surface area contributed by atoms with Crippen molar-refractivity contribution in [2.75, 3.05) is 13.2 Å². The molecule has 65 heavy (non-hydrogen) atoms. The third-order valence-corrected chi connectivity index (χ3v) is 13.1. The number of nitrogens with one attached hydrogen (secondary N) is 1. The summed E-state index contributed by atoms with van der Waals surface area (Å²) in [5.41, 5.74) is 0. The lowest BCUT2D eigenvalue weighted by molar-refractivity contribution is -0.143. The van der Waals surface area contributed by atoms with Crippen molar-refractivity contribution in [3.8, 4) is 0 Å². The number of allylic oxidation sites excluding steroid dienone is 5. The van der Waals surface area contributed by atoms with Crippen LogP contribution in [0.4, 0.5) is 0 Å². The molecular weight excluding hydrogens is 803 g/mol. The molecule has 6 heteroatoms. The van der Waals surface area contributed by atoms with E-state index in [0.29, 0.717) is 19.4 Å². The minimum atomic E-state index is -0.843. The van der Waals surface area contributed by atoms with E-state index < -0.39 is 12.1 Å². The molecule has 382 valence electrons. The Balaban J connectivity index is 3.39. The maximum Gasteiger partial charge on any atom is 0.305 e. The number of esters is 1. The smallest absolute Gasteiger partial charge is 0.305 e. The number of carbonyl (C=O) groups is 2. The van der Waals surface area contributed by atoms with Crippen LogP contribution in [-0.2, 0) is 14.3 Å². The van der Waals surface area contributed by atoms with E-state index in [-0.39, 0.29) is 18.5 Å². The Hall–Kier alpha value is -1.92. The molecule has 6 nitrogen and oxygen atoms in total. The van der Waals surface area contributed by atoms with E-state index in [1.54, 1.807) is 6.08 Å². The molecular formula is C59H111NO5. The number of aliphatic hydroxyl groups is 2. The Labute approximate surface area is 404 Å². The van der Waals surface area contributed by atoms with Crippen LogP contribution in [0, 0.1) is 0 Å². The first-order valence-corrected chi connectivity index (χ1v) is 28.8. The summed E-state index contributed by atoms with van der Waals surface area (Å²) in [6.45, 7) is 4.85. The van der Waals surface area contributed by atoms with Crippen LogP contribution in [0.15, 0.2) is 36.5 Å². The van der Waals surface area contributed by atoms with Crippen molar-refractivity contribution in [2.24, 2.45) is 0 Å². The average Bonchev–Trinajstić information content (AvgIpc) is 3.31. The van der Waals surface area contributed by atoms with Gasteiger partial charge in [0.1, 0.15) is 0 Å². The van der Waals surface area contributed by atoms with Gasteiger partial charge in [0.15, 0.2) is 0 Å². The first-order chi connectivity index (χ1) is 32.0. The van der Waals surface area contributed by atoms with Gasteiger partial charge in [-0.05, 0) is 77.0 Å². The highest BCUT2D eigenvalue weighted by atomic mass is 16.5. The highest BCUT2D eigenvalue weighted by Crippen LogP contribution is 2.16. The van der Waals surface area contributed by atoms with Crippen molar-refractivity contribution in [1.82, 2.24) is 5.32 Å². The average molecular weight is 915 g/mol. The molecule has 1 amide bonds. The van der Waals surface area contributed by atoms with Gasteiger partial charge in [-0.15, -0.1) is 0 Å². The van der Waals surface area contributed by atoms with E-state index in [2.05, 4.69) is 43.5 Å². The number of hydrogen-bond donors (Lipinski definition) is 3. The Kier molecular flexibility index (Phi) is 53.1. The third-order valence-electron chi connectivity index (χ3n) is 13.1. The van der Waals surface area contributed by atoms with Crippen LogP contribution in [0.3, 0.4) is 0 Å². The summed E-state index contributed by atoms with van der Waals surface area (Å²) in [5, 5.41) is 23.0. The zero-order chi connectivity index (χ0) is 47.2. The van der Waals surface area contributed by atoms with E-state index >= 15 is 0 Å². The second-order valence-corrected chi connectivity index (χ2v) is 19.6. The molecule has 0 radical (unpaired) electrons. The van der Waals surface area contributed by atoms with Gasteiger partial charge in [0.2, 0.25) is 5.91 Å². The molecule has 0 bridgehead atoms. The maximum atomic E-state index is 12.4. The summed E-state index contributed by atoms with van der Waals surface area (Å²) in [6.07, 6.45) is 67.6. The van der Waals surface area contributed by atoms with E-state index in [1.165, 1.54) is 231 Å². The first kappa shape index (κ1) is 63.1. The van der Waals surface area contributed by atoms with Crippen LogP contribution in [-0.4, -0.2) is 47.4 Å². The minimum Gasteiger partial charge on any atom is -0.466 e. The summed E-state index contributed by atoms with van der Waals surface area (Å²) < 4.78 is 5.45. The molecule has 0 aliphatic carbocycles. The first-order valence-electron chi connectivity index (χ1n) is 28.8. The van der Waals surface area contributed by atoms with Gasteiger partial charge in [-0.1, -0.05) is 249 Å². The lowest BCUT2D eigenvalue weighted by atomic mass is 10.0. The number of unbranched alkanes of at least 4 members (excludes halogenated alkanes) is 38. The van der Waals surface area contributed by atoms with Gasteiger partial charge in [0.05, 0.1) is 25.4 Å². The number of rotatable bonds is 53. The van der Waals surface area contributed by atoms with Crippen LogP contribution >= 0.6 is 0 Å². The minimum absolute atomic E-state index is 0.00309. The monoisotopic (exact) mass is 914 g/mol. The SMILES string of the molecule is CCCC/C=C\CCCCCCCC(=O)OCCCCCCCCCCCCCC/C=C\CCCCCCCCCCCCCC(=O)NC(CO)C(O)/C=C/CCCCCCCCCC. The Morgan fingerprint density at radius 3 is 1.14 bits per heavy atom. The van der Waals surface area contributed by atoms with Gasteiger partial charge in [-0.25, -0.2) is 0 Å². The van der Waals surface area contributed by atoms with Gasteiger partial charge in [-0.2, -0.15) is 0 Å². The fourth-order valence-electron chi connectivity index (χ4n) is 8.67. The third kappa shape index (κ3) is 51.3. The molecule has 0 aliphatic rings. The molecule has 0 saturated carbocycles. The van der Waals surface area contributed by atoms with E-state index in [1.807, 2.05) is 6.08 Å². The quantitative estimate of drug-likeness (QED) is 0.0321. The molecule has 2 unspecified atom stereocenters. The number of hydrogen-bond acceptors (Lipinski definition) is 5. The Morgan fingerprint density at radius 2 is 0.738 bits per heavy atom. The molecule has 2 atom stereocenters. The topological polar surface area (TPSA) is 95.9 Å². The van der Waals surface area contributed by atoms with Gasteiger partial charge >= 0.3 is 5.97 Å². The van der Waals surface area contributed by atoms with E-state index in [0.717, 1.165) is 44.9 Å². The fraction of sp³-hybridized carbons (Fsp3) is 0.864. The van der Waals surface area contributed by atoms with Crippen molar-refractivity contribution in [3.05, 3.63) is 36.5 Å². The second kappa shape index (κ2) is 54.7. The van der Waals surface area contributed by atoms with Crippen LogP contribution in [0.1, 0.15) is 303 Å². The van der Waals surface area contributed by atoms with Crippen molar-refractivity contribution in [2.45, 2.75) is 315 Å². The number of aliphatic hydroxyl groups excluding tert-OH is 2. The van der Waals surface area contributed by atoms with Gasteiger partial charge in [0.25, 0.3) is 0 Å². The fourth-order valence-corrected chi connectivity index (χ4v) is 8.67. The molecule has 0 aromatic carbocycles. The second-order valence-electron chi connectivity index (χ2n) is 19.6. The molecule has 0 saturated heterocycles. The summed E-state index contributed by atoms with van der Waals surface area (Å²) in [6, 6.07) is -0.626. The standard InChI is InChI=1S/C59H111NO5/c1-3-5-7-9-11-13-32-37-41-45-49-53-59(64)65-54-50-46-42-38-34-31-29-27-25-23-21-19-17-15-16-18-20-22-24-26-28-30-33-36-40-44-48-52-58(63)60-56(55-61)57(62)51-47-43-39-35-14-12-10-8-6-4-2/h9,11,15-16,47,51,56-57,61-62H,3-8,10,12-14,17-46,48-50,52-55H2,1-2H3,(H,60,63)/b11-9-,16-15-,51-47+. The van der Waals surface area contributed by atoms with Crippen molar-refractivity contribution < 1.29 is 24.5 Å². The Morgan fingerprint density at radius 1 is 0.415 bits per heavy atom. The normalized spacial score (nSPS) is 12.9. The number of ether oxygens (including phenoxy) is 1. The summed E-state index contributed by atoms with van der Waals surface area (Å²) in [7, 11) is 0. The highest BCUT2D eigenvalue weighted by Gasteiger charge is 2.18. The van der Waals surface area contributed by atoms with Crippen LogP contribution in [0.5, 0.6) is 0 Å². The van der Waals surface area contributed by atoms with Gasteiger partial charge in [-0.3, -0.25) is 9.59 Å². The zero-order valence-electron chi connectivity index (χ0n) is 43.5.